The lowest BCUT2D eigenvalue weighted by Crippen LogP contribution is -2.46. The number of carbonyl (C=O) groups excluding carboxylic acids is 1. The molecule has 1 saturated heterocycles. The molecule has 0 saturated carbocycles. The van der Waals surface area contributed by atoms with Gasteiger partial charge in [-0.15, -0.1) is 0 Å². The van der Waals surface area contributed by atoms with Crippen LogP contribution in [0.3, 0.4) is 0 Å². The molecule has 0 bridgehead atoms. The Labute approximate surface area is 114 Å². The lowest BCUT2D eigenvalue weighted by atomic mass is 10.1. The number of hydrogen-bond donors (Lipinski definition) is 0. The smallest absolute Gasteiger partial charge is 0.337 e. The van der Waals surface area contributed by atoms with Crippen molar-refractivity contribution in [2.45, 2.75) is 32.5 Å². The summed E-state index contributed by atoms with van der Waals surface area (Å²) in [5.41, 5.74) is 1.79. The van der Waals surface area contributed by atoms with Gasteiger partial charge in [0.25, 0.3) is 0 Å². The van der Waals surface area contributed by atoms with Crippen molar-refractivity contribution in [3.05, 3.63) is 35.4 Å². The first-order valence-electron chi connectivity index (χ1n) is 6.63. The van der Waals surface area contributed by atoms with Crippen molar-refractivity contribution in [2.24, 2.45) is 0 Å². The SMILES string of the molecule is COC(=O)c1ccc(CN2C[C@@H](C)OC[C@@H]2C)cc1. The van der Waals surface area contributed by atoms with Gasteiger partial charge in [0.15, 0.2) is 0 Å². The maximum Gasteiger partial charge on any atom is 0.337 e. The molecule has 1 fully saturated rings. The van der Waals surface area contributed by atoms with Crippen LogP contribution < -0.4 is 0 Å². The van der Waals surface area contributed by atoms with Crippen LogP contribution in [0, 0.1) is 0 Å². The molecule has 4 nitrogen and oxygen atoms in total. The van der Waals surface area contributed by atoms with Gasteiger partial charge in [0.05, 0.1) is 25.4 Å². The highest BCUT2D eigenvalue weighted by Gasteiger charge is 2.23. The first-order valence-corrected chi connectivity index (χ1v) is 6.63. The number of morpholine rings is 1. The van der Waals surface area contributed by atoms with E-state index in [1.165, 1.54) is 12.7 Å². The summed E-state index contributed by atoms with van der Waals surface area (Å²) in [6.45, 7) is 6.88. The van der Waals surface area contributed by atoms with Crippen molar-refractivity contribution in [1.29, 1.82) is 0 Å². The third-order valence-electron chi connectivity index (χ3n) is 3.50. The number of esters is 1. The number of benzene rings is 1. The van der Waals surface area contributed by atoms with Gasteiger partial charge in [0, 0.05) is 19.1 Å². The minimum Gasteiger partial charge on any atom is -0.465 e. The largest absolute Gasteiger partial charge is 0.465 e. The third kappa shape index (κ3) is 3.55. The van der Waals surface area contributed by atoms with Crippen LogP contribution in [0.5, 0.6) is 0 Å². The van der Waals surface area contributed by atoms with Crippen molar-refractivity contribution in [1.82, 2.24) is 4.90 Å². The second kappa shape index (κ2) is 6.17. The van der Waals surface area contributed by atoms with E-state index in [9.17, 15) is 4.79 Å². The van der Waals surface area contributed by atoms with Gasteiger partial charge in [-0.2, -0.15) is 0 Å². The Morgan fingerprint density at radius 1 is 1.37 bits per heavy atom. The van der Waals surface area contributed by atoms with Crippen LogP contribution in [-0.2, 0) is 16.0 Å². The van der Waals surface area contributed by atoms with E-state index in [-0.39, 0.29) is 12.1 Å². The fourth-order valence-electron chi connectivity index (χ4n) is 2.29. The van der Waals surface area contributed by atoms with E-state index in [0.717, 1.165) is 19.7 Å². The lowest BCUT2D eigenvalue weighted by molar-refractivity contribution is -0.0526. The minimum atomic E-state index is -0.292. The van der Waals surface area contributed by atoms with Gasteiger partial charge in [-0.25, -0.2) is 4.79 Å². The summed E-state index contributed by atoms with van der Waals surface area (Å²) >= 11 is 0. The van der Waals surface area contributed by atoms with Crippen LogP contribution in [0.25, 0.3) is 0 Å². The quantitative estimate of drug-likeness (QED) is 0.783. The van der Waals surface area contributed by atoms with Crippen LogP contribution in [-0.4, -0.2) is 43.3 Å². The van der Waals surface area contributed by atoms with Crippen LogP contribution in [0.15, 0.2) is 24.3 Å². The summed E-state index contributed by atoms with van der Waals surface area (Å²) in [5, 5.41) is 0. The average Bonchev–Trinajstić information content (AvgIpc) is 2.43. The second-order valence-electron chi connectivity index (χ2n) is 5.11. The van der Waals surface area contributed by atoms with E-state index in [0.29, 0.717) is 11.6 Å². The van der Waals surface area contributed by atoms with Gasteiger partial charge < -0.3 is 9.47 Å². The highest BCUT2D eigenvalue weighted by Crippen LogP contribution is 2.16. The zero-order valence-corrected chi connectivity index (χ0v) is 11.8. The molecule has 104 valence electrons. The number of carbonyl (C=O) groups is 1. The first kappa shape index (κ1) is 14.0. The zero-order valence-electron chi connectivity index (χ0n) is 11.8. The molecule has 0 unspecified atom stereocenters. The maximum atomic E-state index is 11.4. The molecule has 1 aromatic carbocycles. The molecule has 0 aromatic heterocycles. The maximum absolute atomic E-state index is 11.4. The van der Waals surface area contributed by atoms with E-state index < -0.39 is 0 Å². The Morgan fingerprint density at radius 2 is 2.05 bits per heavy atom. The van der Waals surface area contributed by atoms with Gasteiger partial charge in [-0.1, -0.05) is 12.1 Å². The predicted octanol–water partition coefficient (Wildman–Crippen LogP) is 2.08. The van der Waals surface area contributed by atoms with Crippen molar-refractivity contribution in [3.63, 3.8) is 0 Å². The molecule has 1 aliphatic heterocycles. The number of nitrogens with zero attached hydrogens (tertiary/aromatic N) is 1. The van der Waals surface area contributed by atoms with Crippen molar-refractivity contribution < 1.29 is 14.3 Å². The van der Waals surface area contributed by atoms with Crippen LogP contribution in [0.4, 0.5) is 0 Å². The number of hydrogen-bond acceptors (Lipinski definition) is 4. The summed E-state index contributed by atoms with van der Waals surface area (Å²) in [5.74, 6) is -0.292. The summed E-state index contributed by atoms with van der Waals surface area (Å²) < 4.78 is 10.3. The monoisotopic (exact) mass is 263 g/mol. The van der Waals surface area contributed by atoms with Crippen LogP contribution in [0.1, 0.15) is 29.8 Å². The molecule has 0 N–H and O–H groups in total. The molecule has 2 atom stereocenters. The van der Waals surface area contributed by atoms with Crippen LogP contribution in [0.2, 0.25) is 0 Å². The topological polar surface area (TPSA) is 38.8 Å². The zero-order chi connectivity index (χ0) is 13.8. The molecule has 0 radical (unpaired) electrons. The molecule has 4 heteroatoms. The highest BCUT2D eigenvalue weighted by atomic mass is 16.5. The molecular weight excluding hydrogens is 242 g/mol. The van der Waals surface area contributed by atoms with Crippen molar-refractivity contribution in [2.75, 3.05) is 20.3 Å². The van der Waals surface area contributed by atoms with E-state index in [2.05, 4.69) is 18.7 Å². The molecule has 1 aromatic rings. The molecule has 1 aliphatic rings. The van der Waals surface area contributed by atoms with Gasteiger partial charge >= 0.3 is 5.97 Å². The molecular formula is C15H21NO3. The number of ether oxygens (including phenoxy) is 2. The molecule has 0 amide bonds. The highest BCUT2D eigenvalue weighted by molar-refractivity contribution is 5.89. The predicted molar refractivity (Wildman–Crippen MR) is 73.1 cm³/mol. The molecule has 1 heterocycles. The normalized spacial score (nSPS) is 24.2. The van der Waals surface area contributed by atoms with Crippen LogP contribution >= 0.6 is 0 Å². The summed E-state index contributed by atoms with van der Waals surface area (Å²) in [6, 6.07) is 8.03. The van der Waals surface area contributed by atoms with Gasteiger partial charge in [-0.3, -0.25) is 4.90 Å². The van der Waals surface area contributed by atoms with E-state index in [1.54, 1.807) is 0 Å². The Balaban J connectivity index is 2.00. The Hall–Kier alpha value is -1.39. The number of methoxy groups -OCH3 is 1. The third-order valence-corrected chi connectivity index (χ3v) is 3.50. The van der Waals surface area contributed by atoms with E-state index >= 15 is 0 Å². The molecule has 2 rings (SSSR count). The summed E-state index contributed by atoms with van der Waals surface area (Å²) in [6.07, 6.45) is 0.283. The summed E-state index contributed by atoms with van der Waals surface area (Å²) in [4.78, 5) is 13.8. The van der Waals surface area contributed by atoms with Gasteiger partial charge in [-0.05, 0) is 31.5 Å². The fourth-order valence-corrected chi connectivity index (χ4v) is 2.29. The lowest BCUT2D eigenvalue weighted by Gasteiger charge is -2.36. The molecule has 19 heavy (non-hydrogen) atoms. The Morgan fingerprint density at radius 3 is 2.68 bits per heavy atom. The second-order valence-corrected chi connectivity index (χ2v) is 5.11. The van der Waals surface area contributed by atoms with E-state index in [1.807, 2.05) is 24.3 Å². The molecule has 0 spiro atoms. The van der Waals surface area contributed by atoms with Gasteiger partial charge in [0.2, 0.25) is 0 Å². The standard InChI is InChI=1S/C15H21NO3/c1-11-10-19-12(2)8-16(11)9-13-4-6-14(7-5-13)15(17)18-3/h4-7,11-12H,8-10H2,1-3H3/t11-,12+/m0/s1. The van der Waals surface area contributed by atoms with E-state index in [4.69, 9.17) is 9.47 Å². The Bertz CT molecular complexity index is 430. The average molecular weight is 263 g/mol. The Kier molecular flexibility index (Phi) is 4.56. The minimum absolute atomic E-state index is 0.283. The first-order chi connectivity index (χ1) is 9.10. The van der Waals surface area contributed by atoms with Crippen molar-refractivity contribution >= 4 is 5.97 Å². The summed E-state index contributed by atoms with van der Waals surface area (Å²) in [7, 11) is 1.40. The number of rotatable bonds is 3. The molecule has 0 aliphatic carbocycles. The van der Waals surface area contributed by atoms with Gasteiger partial charge in [0.1, 0.15) is 0 Å². The fraction of sp³-hybridized carbons (Fsp3) is 0.533. The van der Waals surface area contributed by atoms with Crippen molar-refractivity contribution in [3.8, 4) is 0 Å².